The molecule has 5 rings (SSSR count). The molecule has 0 spiro atoms. The molecule has 0 fully saturated rings. The highest BCUT2D eigenvalue weighted by Crippen LogP contribution is 2.32. The fourth-order valence-electron chi connectivity index (χ4n) is 3.50. The SMILES string of the molecule is Fc1cc(F)c(Cn2c3ccccc3c3cc(-c4nn[nH]n4)ccc32)cc1F. The molecule has 0 saturated carbocycles. The van der Waals surface area contributed by atoms with Gasteiger partial charge in [0.15, 0.2) is 11.6 Å². The Kier molecular flexibility index (Phi) is 3.65. The predicted octanol–water partition coefficient (Wildman–Crippen LogP) is 4.44. The minimum Gasteiger partial charge on any atom is -0.336 e. The molecule has 0 amide bonds. The van der Waals surface area contributed by atoms with E-state index in [1.54, 1.807) is 0 Å². The Morgan fingerprint density at radius 3 is 2.43 bits per heavy atom. The van der Waals surface area contributed by atoms with E-state index in [1.807, 2.05) is 47.0 Å². The summed E-state index contributed by atoms with van der Waals surface area (Å²) in [5.41, 5.74) is 2.54. The Morgan fingerprint density at radius 1 is 0.821 bits per heavy atom. The highest BCUT2D eigenvalue weighted by Gasteiger charge is 2.16. The van der Waals surface area contributed by atoms with Crippen LogP contribution in [0.5, 0.6) is 0 Å². The van der Waals surface area contributed by atoms with Gasteiger partial charge in [-0.05, 0) is 35.5 Å². The van der Waals surface area contributed by atoms with Gasteiger partial charge in [0, 0.05) is 39.0 Å². The van der Waals surface area contributed by atoms with Crippen LogP contribution in [0.2, 0.25) is 0 Å². The second kappa shape index (κ2) is 6.19. The average molecular weight is 379 g/mol. The molecule has 0 unspecified atom stereocenters. The maximum absolute atomic E-state index is 14.2. The zero-order chi connectivity index (χ0) is 19.3. The maximum Gasteiger partial charge on any atom is 0.204 e. The molecular formula is C20H12F3N5. The minimum absolute atomic E-state index is 0.0641. The molecule has 5 nitrogen and oxygen atoms in total. The van der Waals surface area contributed by atoms with E-state index >= 15 is 0 Å². The fraction of sp³-hybridized carbons (Fsp3) is 0.0500. The van der Waals surface area contributed by atoms with Gasteiger partial charge in [0.1, 0.15) is 5.82 Å². The summed E-state index contributed by atoms with van der Waals surface area (Å²) in [6.45, 7) is 0.0641. The van der Waals surface area contributed by atoms with Crippen LogP contribution in [0.15, 0.2) is 54.6 Å². The molecule has 0 aliphatic carbocycles. The number of rotatable bonds is 3. The number of H-pyrrole nitrogens is 1. The molecule has 1 N–H and O–H groups in total. The lowest BCUT2D eigenvalue weighted by Gasteiger charge is -2.09. The van der Waals surface area contributed by atoms with Crippen molar-refractivity contribution in [2.45, 2.75) is 6.54 Å². The quantitative estimate of drug-likeness (QED) is 0.472. The molecule has 0 aliphatic rings. The Morgan fingerprint density at radius 2 is 1.61 bits per heavy atom. The van der Waals surface area contributed by atoms with Crippen LogP contribution in [0, 0.1) is 17.5 Å². The first-order valence-electron chi connectivity index (χ1n) is 8.50. The van der Waals surface area contributed by atoms with Crippen molar-refractivity contribution in [1.82, 2.24) is 25.2 Å². The molecule has 0 atom stereocenters. The number of para-hydroxylation sites is 1. The largest absolute Gasteiger partial charge is 0.336 e. The number of hydrogen-bond acceptors (Lipinski definition) is 3. The Hall–Kier alpha value is -3.68. The fourth-order valence-corrected chi connectivity index (χ4v) is 3.50. The summed E-state index contributed by atoms with van der Waals surface area (Å²) in [5.74, 6) is -2.59. The molecule has 3 aromatic carbocycles. The summed E-state index contributed by atoms with van der Waals surface area (Å²) in [6.07, 6.45) is 0. The lowest BCUT2D eigenvalue weighted by Crippen LogP contribution is -2.03. The molecule has 2 heterocycles. The summed E-state index contributed by atoms with van der Waals surface area (Å²) in [4.78, 5) is 0. The normalized spacial score (nSPS) is 11.5. The van der Waals surface area contributed by atoms with Crippen LogP contribution < -0.4 is 0 Å². The van der Waals surface area contributed by atoms with E-state index in [0.717, 1.165) is 33.4 Å². The lowest BCUT2D eigenvalue weighted by molar-refractivity contribution is 0.489. The molecule has 138 valence electrons. The van der Waals surface area contributed by atoms with E-state index in [1.165, 1.54) is 0 Å². The third-order valence-electron chi connectivity index (χ3n) is 4.79. The molecule has 2 aromatic heterocycles. The summed E-state index contributed by atoms with van der Waals surface area (Å²) >= 11 is 0. The van der Waals surface area contributed by atoms with Gasteiger partial charge < -0.3 is 4.57 Å². The average Bonchev–Trinajstić information content (AvgIpc) is 3.33. The molecule has 5 aromatic rings. The van der Waals surface area contributed by atoms with Gasteiger partial charge in [0.05, 0.1) is 6.54 Å². The number of tetrazole rings is 1. The molecule has 8 heteroatoms. The Labute approximate surface area is 156 Å². The maximum atomic E-state index is 14.2. The van der Waals surface area contributed by atoms with Gasteiger partial charge >= 0.3 is 0 Å². The Bertz CT molecular complexity index is 1330. The molecule has 0 radical (unpaired) electrons. The monoisotopic (exact) mass is 379 g/mol. The van der Waals surface area contributed by atoms with Crippen molar-refractivity contribution in [2.75, 3.05) is 0 Å². The second-order valence-corrected chi connectivity index (χ2v) is 6.43. The number of benzene rings is 3. The van der Waals surface area contributed by atoms with Crippen LogP contribution in [-0.2, 0) is 6.54 Å². The van der Waals surface area contributed by atoms with Crippen LogP contribution >= 0.6 is 0 Å². The van der Waals surface area contributed by atoms with Gasteiger partial charge in [0.2, 0.25) is 5.82 Å². The predicted molar refractivity (Wildman–Crippen MR) is 98.0 cm³/mol. The van der Waals surface area contributed by atoms with Crippen LogP contribution in [-0.4, -0.2) is 25.2 Å². The molecule has 0 bridgehead atoms. The first-order chi connectivity index (χ1) is 13.6. The zero-order valence-electron chi connectivity index (χ0n) is 14.3. The summed E-state index contributed by atoms with van der Waals surface area (Å²) in [7, 11) is 0. The summed E-state index contributed by atoms with van der Waals surface area (Å²) < 4.78 is 43.0. The molecular weight excluding hydrogens is 367 g/mol. The summed E-state index contributed by atoms with van der Waals surface area (Å²) in [6, 6.07) is 14.8. The van der Waals surface area contributed by atoms with Crippen molar-refractivity contribution in [3.63, 3.8) is 0 Å². The van der Waals surface area contributed by atoms with Gasteiger partial charge in [0.25, 0.3) is 0 Å². The van der Waals surface area contributed by atoms with Crippen LogP contribution in [0.1, 0.15) is 5.56 Å². The van der Waals surface area contributed by atoms with Crippen molar-refractivity contribution >= 4 is 21.8 Å². The highest BCUT2D eigenvalue weighted by atomic mass is 19.2. The van der Waals surface area contributed by atoms with Crippen LogP contribution in [0.4, 0.5) is 13.2 Å². The first kappa shape index (κ1) is 16.5. The number of nitrogens with zero attached hydrogens (tertiary/aromatic N) is 4. The topological polar surface area (TPSA) is 59.4 Å². The van der Waals surface area contributed by atoms with Gasteiger partial charge in [-0.1, -0.05) is 18.2 Å². The van der Waals surface area contributed by atoms with Gasteiger partial charge in [-0.2, -0.15) is 5.21 Å². The number of nitrogens with one attached hydrogen (secondary N) is 1. The van der Waals surface area contributed by atoms with Crippen molar-refractivity contribution in [3.05, 3.63) is 77.6 Å². The van der Waals surface area contributed by atoms with Crippen LogP contribution in [0.25, 0.3) is 33.2 Å². The van der Waals surface area contributed by atoms with E-state index in [-0.39, 0.29) is 12.1 Å². The standard InChI is InChI=1S/C20H12F3N5/c21-15-9-17(23)16(22)8-12(15)10-28-18-4-2-1-3-13(18)14-7-11(5-6-19(14)28)20-24-26-27-25-20/h1-9H,10H2,(H,24,25,26,27). The zero-order valence-corrected chi connectivity index (χ0v) is 14.3. The number of aromatic amines is 1. The van der Waals surface area contributed by atoms with E-state index in [0.29, 0.717) is 11.9 Å². The lowest BCUT2D eigenvalue weighted by atomic mass is 10.1. The van der Waals surface area contributed by atoms with E-state index < -0.39 is 17.5 Å². The smallest absolute Gasteiger partial charge is 0.204 e. The highest BCUT2D eigenvalue weighted by molar-refractivity contribution is 6.09. The van der Waals surface area contributed by atoms with E-state index in [9.17, 15) is 13.2 Å². The van der Waals surface area contributed by atoms with Crippen molar-refractivity contribution in [3.8, 4) is 11.4 Å². The third-order valence-corrected chi connectivity index (χ3v) is 4.79. The van der Waals surface area contributed by atoms with Gasteiger partial charge in [-0.25, -0.2) is 13.2 Å². The van der Waals surface area contributed by atoms with Gasteiger partial charge in [-0.3, -0.25) is 0 Å². The van der Waals surface area contributed by atoms with Crippen molar-refractivity contribution in [1.29, 1.82) is 0 Å². The first-order valence-corrected chi connectivity index (χ1v) is 8.50. The minimum atomic E-state index is -1.20. The number of halogens is 3. The third kappa shape index (κ3) is 2.53. The second-order valence-electron chi connectivity index (χ2n) is 6.43. The van der Waals surface area contributed by atoms with Gasteiger partial charge in [-0.15, -0.1) is 10.2 Å². The van der Waals surface area contributed by atoms with Crippen molar-refractivity contribution < 1.29 is 13.2 Å². The van der Waals surface area contributed by atoms with E-state index in [2.05, 4.69) is 20.6 Å². The Balaban J connectivity index is 1.73. The number of hydrogen-bond donors (Lipinski definition) is 1. The van der Waals surface area contributed by atoms with E-state index in [4.69, 9.17) is 0 Å². The molecule has 0 aliphatic heterocycles. The number of fused-ring (bicyclic) bond motifs is 3. The molecule has 0 saturated heterocycles. The molecule has 28 heavy (non-hydrogen) atoms. The number of aromatic nitrogens is 5. The van der Waals surface area contributed by atoms with Crippen LogP contribution in [0.3, 0.4) is 0 Å². The van der Waals surface area contributed by atoms with Crippen molar-refractivity contribution in [2.24, 2.45) is 0 Å². The summed E-state index contributed by atoms with van der Waals surface area (Å²) in [5, 5.41) is 15.9.